The largest absolute Gasteiger partial charge is 0.508 e. The molecule has 3 N–H and O–H groups in total. The quantitative estimate of drug-likeness (QED) is 0.584. The van der Waals surface area contributed by atoms with Gasteiger partial charge in [-0.3, -0.25) is 14.9 Å². The molecule has 0 spiro atoms. The molecule has 2 aliphatic rings. The van der Waals surface area contributed by atoms with E-state index in [0.717, 1.165) is 5.56 Å². The number of aromatic hydroxyl groups is 1. The van der Waals surface area contributed by atoms with Crippen molar-refractivity contribution in [2.75, 3.05) is 7.05 Å². The van der Waals surface area contributed by atoms with Crippen molar-refractivity contribution in [3.8, 4) is 5.75 Å². The van der Waals surface area contributed by atoms with Gasteiger partial charge in [0.2, 0.25) is 11.8 Å². The average molecular weight is 247 g/mol. The highest BCUT2D eigenvalue weighted by Crippen LogP contribution is 2.36. The normalized spacial score (nSPS) is 31.5. The number of likely N-dealkylation sites (N-methyl/N-ethyl adjacent to an activating group) is 1. The van der Waals surface area contributed by atoms with Crippen molar-refractivity contribution in [1.82, 2.24) is 15.8 Å². The van der Waals surface area contributed by atoms with E-state index in [-0.39, 0.29) is 23.6 Å². The highest BCUT2D eigenvalue weighted by Gasteiger charge is 2.53. The number of phenols is 1. The van der Waals surface area contributed by atoms with Crippen molar-refractivity contribution in [1.29, 1.82) is 0 Å². The van der Waals surface area contributed by atoms with Crippen LogP contribution >= 0.6 is 0 Å². The van der Waals surface area contributed by atoms with Gasteiger partial charge in [0.25, 0.3) is 0 Å². The fourth-order valence-electron chi connectivity index (χ4n) is 2.68. The van der Waals surface area contributed by atoms with E-state index in [0.29, 0.717) is 0 Å². The van der Waals surface area contributed by atoms with Gasteiger partial charge in [-0.15, -0.1) is 0 Å². The van der Waals surface area contributed by atoms with Crippen molar-refractivity contribution < 1.29 is 14.7 Å². The summed E-state index contributed by atoms with van der Waals surface area (Å²) >= 11 is 0. The lowest BCUT2D eigenvalue weighted by molar-refractivity contribution is -0.127. The zero-order chi connectivity index (χ0) is 12.9. The van der Waals surface area contributed by atoms with Crippen molar-refractivity contribution in [2.45, 2.75) is 12.1 Å². The molecule has 6 heteroatoms. The first kappa shape index (κ1) is 11.2. The van der Waals surface area contributed by atoms with Crippen molar-refractivity contribution in [3.63, 3.8) is 0 Å². The number of benzene rings is 1. The number of amides is 2. The second-order valence-corrected chi connectivity index (χ2v) is 4.63. The van der Waals surface area contributed by atoms with Gasteiger partial charge in [-0.05, 0) is 17.7 Å². The highest BCUT2D eigenvalue weighted by molar-refractivity contribution is 6.07. The minimum absolute atomic E-state index is 0.175. The maximum atomic E-state index is 11.8. The monoisotopic (exact) mass is 247 g/mol. The lowest BCUT2D eigenvalue weighted by Gasteiger charge is -2.17. The molecule has 0 radical (unpaired) electrons. The number of phenolic OH excluding ortho intramolecular Hbond substituents is 1. The van der Waals surface area contributed by atoms with Gasteiger partial charge >= 0.3 is 0 Å². The Hall–Kier alpha value is -1.92. The third-order valence-electron chi connectivity index (χ3n) is 3.53. The number of imide groups is 1. The summed E-state index contributed by atoms with van der Waals surface area (Å²) in [7, 11) is 1.75. The molecule has 2 aliphatic heterocycles. The Morgan fingerprint density at radius 2 is 1.83 bits per heavy atom. The van der Waals surface area contributed by atoms with Gasteiger partial charge < -0.3 is 5.11 Å². The zero-order valence-corrected chi connectivity index (χ0v) is 9.75. The molecule has 3 rings (SSSR count). The number of carbonyl (C=O) groups is 2. The van der Waals surface area contributed by atoms with E-state index in [2.05, 4.69) is 10.7 Å². The average Bonchev–Trinajstić information content (AvgIpc) is 2.81. The van der Waals surface area contributed by atoms with Crippen molar-refractivity contribution in [3.05, 3.63) is 29.8 Å². The predicted molar refractivity (Wildman–Crippen MR) is 62.2 cm³/mol. The molecule has 2 heterocycles. The molecule has 2 fully saturated rings. The van der Waals surface area contributed by atoms with Crippen molar-refractivity contribution in [2.24, 2.45) is 5.92 Å². The third kappa shape index (κ3) is 1.50. The smallest absolute Gasteiger partial charge is 0.246 e. The number of fused-ring (bicyclic) bond motifs is 1. The van der Waals surface area contributed by atoms with Gasteiger partial charge in [-0.2, -0.15) is 0 Å². The first-order chi connectivity index (χ1) is 8.58. The Morgan fingerprint density at radius 1 is 1.17 bits per heavy atom. The summed E-state index contributed by atoms with van der Waals surface area (Å²) in [6.07, 6.45) is 0. The molecular weight excluding hydrogens is 234 g/mol. The van der Waals surface area contributed by atoms with Crippen LogP contribution in [0.15, 0.2) is 24.3 Å². The Balaban J connectivity index is 1.96. The van der Waals surface area contributed by atoms with Crippen LogP contribution in [0.3, 0.4) is 0 Å². The molecule has 0 saturated carbocycles. The number of carbonyl (C=O) groups excluding carboxylic acids is 2. The van der Waals surface area contributed by atoms with Gasteiger partial charge in [-0.25, -0.2) is 10.4 Å². The van der Waals surface area contributed by atoms with Crippen LogP contribution in [-0.2, 0) is 9.59 Å². The summed E-state index contributed by atoms with van der Waals surface area (Å²) in [5, 5.41) is 13.3. The molecule has 2 amide bonds. The molecule has 18 heavy (non-hydrogen) atoms. The number of hydrogen-bond acceptors (Lipinski definition) is 5. The van der Waals surface area contributed by atoms with E-state index in [1.807, 2.05) is 0 Å². The van der Waals surface area contributed by atoms with Crippen LogP contribution in [0.25, 0.3) is 0 Å². The van der Waals surface area contributed by atoms with Crippen molar-refractivity contribution >= 4 is 11.8 Å². The van der Waals surface area contributed by atoms with Crippen LogP contribution in [0.2, 0.25) is 0 Å². The number of hydrazine groups is 1. The molecule has 1 aromatic carbocycles. The van der Waals surface area contributed by atoms with E-state index < -0.39 is 12.0 Å². The topological polar surface area (TPSA) is 81.7 Å². The summed E-state index contributed by atoms with van der Waals surface area (Å²) in [6, 6.07) is 5.93. The van der Waals surface area contributed by atoms with E-state index in [4.69, 9.17) is 0 Å². The number of rotatable bonds is 1. The standard InChI is InChI=1S/C12H13N3O3/c1-15-10-8(11(17)13-12(10)18)9(14-15)6-2-4-7(16)5-3-6/h2-5,8-10,14,16H,1H3,(H,13,17,18)/t8-,9+,10+/m1/s1. The van der Waals surface area contributed by atoms with E-state index in [1.54, 1.807) is 36.3 Å². The predicted octanol–water partition coefficient (Wildman–Crippen LogP) is -0.476. The Labute approximate surface area is 104 Å². The van der Waals surface area contributed by atoms with Gasteiger partial charge in [-0.1, -0.05) is 12.1 Å². The molecule has 0 bridgehead atoms. The fraction of sp³-hybridized carbons (Fsp3) is 0.333. The molecule has 0 unspecified atom stereocenters. The summed E-state index contributed by atoms with van der Waals surface area (Å²) in [6.45, 7) is 0. The second-order valence-electron chi connectivity index (χ2n) is 4.63. The van der Waals surface area contributed by atoms with Crippen LogP contribution in [0.5, 0.6) is 5.75 Å². The minimum atomic E-state index is -0.462. The van der Waals surface area contributed by atoms with Crippen LogP contribution < -0.4 is 10.7 Å². The molecule has 94 valence electrons. The first-order valence-electron chi connectivity index (χ1n) is 5.70. The molecular formula is C12H13N3O3. The van der Waals surface area contributed by atoms with Gasteiger partial charge in [0.1, 0.15) is 11.8 Å². The highest BCUT2D eigenvalue weighted by atomic mass is 16.3. The van der Waals surface area contributed by atoms with Crippen LogP contribution in [0.1, 0.15) is 11.6 Å². The van der Waals surface area contributed by atoms with Crippen LogP contribution in [-0.4, -0.2) is 35.0 Å². The number of nitrogens with zero attached hydrogens (tertiary/aromatic N) is 1. The summed E-state index contributed by atoms with van der Waals surface area (Å²) in [4.78, 5) is 23.5. The van der Waals surface area contributed by atoms with Crippen LogP contribution in [0.4, 0.5) is 0 Å². The summed E-state index contributed by atoms with van der Waals surface area (Å²) < 4.78 is 0. The fourth-order valence-corrected chi connectivity index (χ4v) is 2.68. The molecule has 2 saturated heterocycles. The molecule has 6 nitrogen and oxygen atoms in total. The summed E-state index contributed by atoms with van der Waals surface area (Å²) in [5.74, 6) is -0.762. The molecule has 1 aromatic rings. The maximum absolute atomic E-state index is 11.8. The Kier molecular flexibility index (Phi) is 2.36. The minimum Gasteiger partial charge on any atom is -0.508 e. The second kappa shape index (κ2) is 3.79. The Bertz CT molecular complexity index is 514. The third-order valence-corrected chi connectivity index (χ3v) is 3.53. The first-order valence-corrected chi connectivity index (χ1v) is 5.70. The maximum Gasteiger partial charge on any atom is 0.246 e. The summed E-state index contributed by atoms with van der Waals surface area (Å²) in [5.41, 5.74) is 3.99. The van der Waals surface area contributed by atoms with Gasteiger partial charge in [0, 0.05) is 7.05 Å². The van der Waals surface area contributed by atoms with Crippen LogP contribution in [0, 0.1) is 5.92 Å². The Morgan fingerprint density at radius 3 is 2.50 bits per heavy atom. The van der Waals surface area contributed by atoms with E-state index >= 15 is 0 Å². The SMILES string of the molecule is CN1N[C@@H](c2ccc(O)cc2)[C@H]2C(=O)NC(=O)[C@H]21. The van der Waals surface area contributed by atoms with E-state index in [1.165, 1.54) is 0 Å². The molecule has 0 aromatic heterocycles. The number of hydrogen-bond donors (Lipinski definition) is 3. The van der Waals surface area contributed by atoms with Gasteiger partial charge in [0.15, 0.2) is 0 Å². The lowest BCUT2D eigenvalue weighted by atomic mass is 9.91. The molecule has 3 atom stereocenters. The lowest BCUT2D eigenvalue weighted by Crippen LogP contribution is -2.41. The number of nitrogens with one attached hydrogen (secondary N) is 2. The van der Waals surface area contributed by atoms with Gasteiger partial charge in [0.05, 0.1) is 12.0 Å². The molecule has 0 aliphatic carbocycles. The van der Waals surface area contributed by atoms with E-state index in [9.17, 15) is 14.7 Å². The zero-order valence-electron chi connectivity index (χ0n) is 9.75.